The SMILES string of the molecule is c1cc(Cn2cc3ccccc3c2)cc(-c2ccc3ncnc(NC4CC4)c3c2)c1. The standard InChI is InChI=1S/C26H22N4/c1-2-6-22-16-30(15-21(22)5-1)14-18-4-3-7-19(12-18)20-8-11-25-24(13-20)26(28-17-27-25)29-23-9-10-23/h1-8,11-13,15-17,23H,9-10,14H2,(H,27,28,29). The quantitative estimate of drug-likeness (QED) is 0.408. The van der Waals surface area contributed by atoms with Gasteiger partial charge in [0.25, 0.3) is 0 Å². The zero-order valence-electron chi connectivity index (χ0n) is 16.6. The van der Waals surface area contributed by atoms with Crippen LogP contribution in [0, 0.1) is 0 Å². The van der Waals surface area contributed by atoms with Crippen molar-refractivity contribution in [2.75, 3.05) is 5.32 Å². The van der Waals surface area contributed by atoms with Crippen LogP contribution in [0.2, 0.25) is 0 Å². The number of nitrogens with one attached hydrogen (secondary N) is 1. The first-order valence-corrected chi connectivity index (χ1v) is 10.5. The van der Waals surface area contributed by atoms with Crippen molar-refractivity contribution in [1.82, 2.24) is 14.5 Å². The fourth-order valence-electron chi connectivity index (χ4n) is 4.06. The van der Waals surface area contributed by atoms with Gasteiger partial charge in [-0.05, 0) is 58.5 Å². The van der Waals surface area contributed by atoms with Crippen molar-refractivity contribution in [3.8, 4) is 11.1 Å². The zero-order valence-corrected chi connectivity index (χ0v) is 16.6. The third-order valence-electron chi connectivity index (χ3n) is 5.78. The summed E-state index contributed by atoms with van der Waals surface area (Å²) in [6.45, 7) is 0.855. The minimum absolute atomic E-state index is 0.562. The minimum Gasteiger partial charge on any atom is -0.367 e. The Hall–Kier alpha value is -3.66. The highest BCUT2D eigenvalue weighted by molar-refractivity contribution is 5.92. The number of rotatable bonds is 5. The van der Waals surface area contributed by atoms with Crippen molar-refractivity contribution in [3.63, 3.8) is 0 Å². The third-order valence-corrected chi connectivity index (χ3v) is 5.78. The number of anilines is 1. The Labute approximate surface area is 175 Å². The lowest BCUT2D eigenvalue weighted by Crippen LogP contribution is -2.04. The number of aromatic nitrogens is 3. The smallest absolute Gasteiger partial charge is 0.137 e. The fraction of sp³-hybridized carbons (Fsp3) is 0.154. The maximum Gasteiger partial charge on any atom is 0.137 e. The Morgan fingerprint density at radius 3 is 2.43 bits per heavy atom. The number of benzene rings is 3. The molecular formula is C26H22N4. The van der Waals surface area contributed by atoms with Gasteiger partial charge in [0, 0.05) is 30.4 Å². The Balaban J connectivity index is 1.34. The van der Waals surface area contributed by atoms with Crippen LogP contribution in [-0.4, -0.2) is 20.6 Å². The molecule has 0 radical (unpaired) electrons. The Bertz CT molecular complexity index is 1330. The average Bonchev–Trinajstić information content (AvgIpc) is 3.50. The molecule has 6 rings (SSSR count). The number of nitrogens with zero attached hydrogens (tertiary/aromatic N) is 3. The highest BCUT2D eigenvalue weighted by Crippen LogP contribution is 2.31. The van der Waals surface area contributed by atoms with Crippen molar-refractivity contribution < 1.29 is 0 Å². The summed E-state index contributed by atoms with van der Waals surface area (Å²) in [7, 11) is 0. The molecule has 5 aromatic rings. The lowest BCUT2D eigenvalue weighted by atomic mass is 10.0. The van der Waals surface area contributed by atoms with Gasteiger partial charge in [-0.3, -0.25) is 0 Å². The second kappa shape index (κ2) is 6.99. The number of hydrogen-bond acceptors (Lipinski definition) is 3. The van der Waals surface area contributed by atoms with Gasteiger partial charge < -0.3 is 9.88 Å². The van der Waals surface area contributed by atoms with Crippen LogP contribution >= 0.6 is 0 Å². The predicted octanol–water partition coefficient (Wildman–Crippen LogP) is 5.87. The van der Waals surface area contributed by atoms with E-state index in [1.54, 1.807) is 6.33 Å². The molecule has 2 aromatic heterocycles. The summed E-state index contributed by atoms with van der Waals surface area (Å²) >= 11 is 0. The molecule has 4 nitrogen and oxygen atoms in total. The minimum atomic E-state index is 0.562. The van der Waals surface area contributed by atoms with Gasteiger partial charge in [0.2, 0.25) is 0 Å². The molecule has 2 heterocycles. The predicted molar refractivity (Wildman–Crippen MR) is 123 cm³/mol. The molecule has 1 aliphatic carbocycles. The van der Waals surface area contributed by atoms with E-state index >= 15 is 0 Å². The van der Waals surface area contributed by atoms with Gasteiger partial charge in [-0.25, -0.2) is 9.97 Å². The van der Waals surface area contributed by atoms with Gasteiger partial charge >= 0.3 is 0 Å². The van der Waals surface area contributed by atoms with Crippen molar-refractivity contribution in [1.29, 1.82) is 0 Å². The molecule has 30 heavy (non-hydrogen) atoms. The topological polar surface area (TPSA) is 42.7 Å². The highest BCUT2D eigenvalue weighted by atomic mass is 15.1. The fourth-order valence-corrected chi connectivity index (χ4v) is 4.06. The molecular weight excluding hydrogens is 368 g/mol. The maximum atomic E-state index is 4.49. The van der Waals surface area contributed by atoms with Crippen LogP contribution in [0.15, 0.2) is 85.5 Å². The normalized spacial score (nSPS) is 13.7. The van der Waals surface area contributed by atoms with Gasteiger partial charge in [-0.2, -0.15) is 0 Å². The first-order valence-electron chi connectivity index (χ1n) is 10.5. The molecule has 0 spiro atoms. The van der Waals surface area contributed by atoms with Gasteiger partial charge in [-0.15, -0.1) is 0 Å². The van der Waals surface area contributed by atoms with Gasteiger partial charge in [0.1, 0.15) is 12.1 Å². The van der Waals surface area contributed by atoms with Crippen LogP contribution in [0.5, 0.6) is 0 Å². The molecule has 0 saturated heterocycles. The monoisotopic (exact) mass is 390 g/mol. The van der Waals surface area contributed by atoms with E-state index in [9.17, 15) is 0 Å². The Morgan fingerprint density at radius 2 is 1.63 bits per heavy atom. The molecule has 0 atom stereocenters. The summed E-state index contributed by atoms with van der Waals surface area (Å²) in [5.41, 5.74) is 4.67. The van der Waals surface area contributed by atoms with Gasteiger partial charge in [-0.1, -0.05) is 48.5 Å². The van der Waals surface area contributed by atoms with E-state index in [0.29, 0.717) is 6.04 Å². The zero-order chi connectivity index (χ0) is 19.9. The molecule has 1 aliphatic rings. The summed E-state index contributed by atoms with van der Waals surface area (Å²) < 4.78 is 2.26. The molecule has 0 bridgehead atoms. The van der Waals surface area contributed by atoms with E-state index in [1.807, 2.05) is 0 Å². The summed E-state index contributed by atoms with van der Waals surface area (Å²) in [6.07, 6.45) is 8.52. The average molecular weight is 390 g/mol. The Morgan fingerprint density at radius 1 is 0.833 bits per heavy atom. The van der Waals surface area contributed by atoms with E-state index in [1.165, 1.54) is 40.3 Å². The molecule has 1 saturated carbocycles. The summed E-state index contributed by atoms with van der Waals surface area (Å²) in [4.78, 5) is 8.93. The van der Waals surface area contributed by atoms with Gasteiger partial charge in [0.15, 0.2) is 0 Å². The highest BCUT2D eigenvalue weighted by Gasteiger charge is 2.22. The van der Waals surface area contributed by atoms with Crippen molar-refractivity contribution in [2.24, 2.45) is 0 Å². The molecule has 1 N–H and O–H groups in total. The molecule has 146 valence electrons. The number of hydrogen-bond donors (Lipinski definition) is 1. The largest absolute Gasteiger partial charge is 0.367 e. The van der Waals surface area contributed by atoms with Crippen LogP contribution in [0.4, 0.5) is 5.82 Å². The van der Waals surface area contributed by atoms with Crippen molar-refractivity contribution in [3.05, 3.63) is 91.0 Å². The van der Waals surface area contributed by atoms with Crippen LogP contribution in [0.1, 0.15) is 18.4 Å². The second-order valence-electron chi connectivity index (χ2n) is 8.13. The van der Waals surface area contributed by atoms with Crippen LogP contribution in [0.25, 0.3) is 32.8 Å². The lowest BCUT2D eigenvalue weighted by molar-refractivity contribution is 0.810. The van der Waals surface area contributed by atoms with Crippen LogP contribution < -0.4 is 5.32 Å². The van der Waals surface area contributed by atoms with Crippen LogP contribution in [0.3, 0.4) is 0 Å². The van der Waals surface area contributed by atoms with Crippen LogP contribution in [-0.2, 0) is 6.54 Å². The third kappa shape index (κ3) is 3.30. The maximum absolute atomic E-state index is 4.49. The molecule has 0 amide bonds. The molecule has 0 unspecified atom stereocenters. The van der Waals surface area contributed by atoms with E-state index in [-0.39, 0.29) is 0 Å². The summed E-state index contributed by atoms with van der Waals surface area (Å²) in [5.74, 6) is 0.944. The first-order chi connectivity index (χ1) is 14.8. The molecule has 1 fully saturated rings. The van der Waals surface area contributed by atoms with Gasteiger partial charge in [0.05, 0.1) is 5.52 Å². The summed E-state index contributed by atoms with van der Waals surface area (Å²) in [5, 5.41) is 7.18. The molecule has 3 aromatic carbocycles. The van der Waals surface area contributed by atoms with Crippen molar-refractivity contribution >= 4 is 27.5 Å². The molecule has 0 aliphatic heterocycles. The van der Waals surface area contributed by atoms with E-state index in [4.69, 9.17) is 0 Å². The second-order valence-corrected chi connectivity index (χ2v) is 8.13. The van der Waals surface area contributed by atoms with Crippen molar-refractivity contribution in [2.45, 2.75) is 25.4 Å². The molecule has 4 heteroatoms. The van der Waals surface area contributed by atoms with E-state index in [2.05, 4.69) is 99.0 Å². The summed E-state index contributed by atoms with van der Waals surface area (Å²) in [6, 6.07) is 24.3. The number of fused-ring (bicyclic) bond motifs is 2. The first kappa shape index (κ1) is 17.2. The van der Waals surface area contributed by atoms with E-state index < -0.39 is 0 Å². The Kier molecular flexibility index (Phi) is 4.01. The lowest BCUT2D eigenvalue weighted by Gasteiger charge is -2.10. The van der Waals surface area contributed by atoms with E-state index in [0.717, 1.165) is 23.3 Å².